The number of esters is 1. The van der Waals surface area contributed by atoms with Gasteiger partial charge in [-0.25, -0.2) is 4.79 Å². The quantitative estimate of drug-likeness (QED) is 0.482. The number of hydrogen-bond acceptors (Lipinski definition) is 3. The molecule has 0 aliphatic carbocycles. The first kappa shape index (κ1) is 7.86. The summed E-state index contributed by atoms with van der Waals surface area (Å²) in [6, 6.07) is 7.15. The predicted molar refractivity (Wildman–Crippen MR) is 46.5 cm³/mol. The summed E-state index contributed by atoms with van der Waals surface area (Å²) in [6.07, 6.45) is 1.45. The van der Waals surface area contributed by atoms with Crippen LogP contribution in [0.3, 0.4) is 0 Å². The minimum atomic E-state index is -0.526. The fraction of sp³-hybridized carbons (Fsp3) is 0.100. The monoisotopic (exact) mass is 176 g/mol. The summed E-state index contributed by atoms with van der Waals surface area (Å²) in [6.45, 7) is 0. The Morgan fingerprint density at radius 2 is 2.08 bits per heavy atom. The normalized spacial score (nSPS) is 15.4. The van der Waals surface area contributed by atoms with Crippen LogP contribution < -0.4 is 4.74 Å². The van der Waals surface area contributed by atoms with E-state index in [1.165, 1.54) is 0 Å². The van der Waals surface area contributed by atoms with Crippen molar-refractivity contribution in [3.8, 4) is 5.75 Å². The molecule has 1 aromatic rings. The van der Waals surface area contributed by atoms with Crippen molar-refractivity contribution in [1.29, 1.82) is 0 Å². The molecule has 0 unspecified atom stereocenters. The maximum Gasteiger partial charge on any atom is 0.339 e. The van der Waals surface area contributed by atoms with Gasteiger partial charge in [-0.2, -0.15) is 0 Å². The first-order valence-electron chi connectivity index (χ1n) is 3.95. The number of benzene rings is 1. The molecule has 66 valence electrons. The van der Waals surface area contributed by atoms with Crippen LogP contribution in [-0.4, -0.2) is 11.1 Å². The van der Waals surface area contributed by atoms with E-state index in [0.717, 1.165) is 11.6 Å². The fourth-order valence-electron chi connectivity index (χ4n) is 1.27. The molecule has 1 aliphatic heterocycles. The van der Waals surface area contributed by atoms with E-state index in [2.05, 4.69) is 0 Å². The standard InChI is InChI=1S/C10H8O3/c11-8-5-7-3-1-2-4-9(7)13-10(12)6-8/h1-4,6,11H,5H2. The minimum absolute atomic E-state index is 0.0370. The van der Waals surface area contributed by atoms with E-state index in [-0.39, 0.29) is 5.76 Å². The van der Waals surface area contributed by atoms with E-state index in [4.69, 9.17) is 4.74 Å². The number of fused-ring (bicyclic) bond motifs is 1. The number of carbonyl (C=O) groups excluding carboxylic acids is 1. The summed E-state index contributed by atoms with van der Waals surface area (Å²) in [5.41, 5.74) is 0.821. The Morgan fingerprint density at radius 1 is 1.31 bits per heavy atom. The zero-order chi connectivity index (χ0) is 9.26. The SMILES string of the molecule is O=C1C=C(O)Cc2ccccc2O1. The Bertz CT molecular complexity index is 380. The number of allylic oxidation sites excluding steroid dienone is 1. The molecule has 13 heavy (non-hydrogen) atoms. The molecule has 1 aliphatic rings. The van der Waals surface area contributed by atoms with Crippen LogP contribution in [0.2, 0.25) is 0 Å². The molecule has 0 atom stereocenters. The van der Waals surface area contributed by atoms with Crippen LogP contribution in [0.5, 0.6) is 5.75 Å². The number of carbonyl (C=O) groups is 1. The summed E-state index contributed by atoms with van der Waals surface area (Å²) in [5.74, 6) is 0.0326. The van der Waals surface area contributed by atoms with E-state index < -0.39 is 5.97 Å². The van der Waals surface area contributed by atoms with Gasteiger partial charge >= 0.3 is 5.97 Å². The number of aliphatic hydroxyl groups is 1. The lowest BCUT2D eigenvalue weighted by Gasteiger charge is -2.03. The van der Waals surface area contributed by atoms with E-state index in [9.17, 15) is 9.90 Å². The average Bonchev–Trinajstić information content (AvgIpc) is 2.20. The Balaban J connectivity index is 2.46. The second kappa shape index (κ2) is 2.94. The molecule has 0 aromatic heterocycles. The number of ether oxygens (including phenoxy) is 1. The van der Waals surface area contributed by atoms with Crippen molar-refractivity contribution in [2.24, 2.45) is 0 Å². The lowest BCUT2D eigenvalue weighted by molar-refractivity contribution is -0.129. The largest absolute Gasteiger partial charge is 0.512 e. The van der Waals surface area contributed by atoms with E-state index >= 15 is 0 Å². The van der Waals surface area contributed by atoms with Gasteiger partial charge in [-0.3, -0.25) is 0 Å². The van der Waals surface area contributed by atoms with Crippen LogP contribution >= 0.6 is 0 Å². The molecule has 3 nitrogen and oxygen atoms in total. The highest BCUT2D eigenvalue weighted by Crippen LogP contribution is 2.23. The van der Waals surface area contributed by atoms with Gasteiger partial charge in [-0.15, -0.1) is 0 Å². The van der Waals surface area contributed by atoms with Crippen molar-refractivity contribution in [2.45, 2.75) is 6.42 Å². The van der Waals surface area contributed by atoms with E-state index in [1.54, 1.807) is 12.1 Å². The molecule has 0 saturated carbocycles. The minimum Gasteiger partial charge on any atom is -0.512 e. The molecule has 0 fully saturated rings. The summed E-state index contributed by atoms with van der Waals surface area (Å²) in [5, 5.41) is 9.27. The molecule has 0 saturated heterocycles. The zero-order valence-corrected chi connectivity index (χ0v) is 6.86. The average molecular weight is 176 g/mol. The maximum atomic E-state index is 11.0. The van der Waals surface area contributed by atoms with Crippen molar-refractivity contribution in [2.75, 3.05) is 0 Å². The van der Waals surface area contributed by atoms with Gasteiger partial charge in [0.1, 0.15) is 11.5 Å². The predicted octanol–water partition coefficient (Wildman–Crippen LogP) is 1.59. The van der Waals surface area contributed by atoms with Gasteiger partial charge in [-0.05, 0) is 6.07 Å². The van der Waals surface area contributed by atoms with Crippen LogP contribution in [0.25, 0.3) is 0 Å². The molecule has 2 rings (SSSR count). The Labute approximate surface area is 75.3 Å². The Morgan fingerprint density at radius 3 is 2.92 bits per heavy atom. The first-order valence-corrected chi connectivity index (χ1v) is 3.95. The molecule has 1 heterocycles. The number of hydrogen-bond donors (Lipinski definition) is 1. The highest BCUT2D eigenvalue weighted by atomic mass is 16.5. The highest BCUT2D eigenvalue weighted by Gasteiger charge is 2.13. The van der Waals surface area contributed by atoms with Crippen LogP contribution in [0.15, 0.2) is 36.1 Å². The molecule has 0 amide bonds. The van der Waals surface area contributed by atoms with Gasteiger partial charge in [0, 0.05) is 12.0 Å². The van der Waals surface area contributed by atoms with Crippen LogP contribution in [0, 0.1) is 0 Å². The Hall–Kier alpha value is -1.77. The van der Waals surface area contributed by atoms with Gasteiger partial charge in [0.2, 0.25) is 0 Å². The molecule has 0 spiro atoms. The summed E-state index contributed by atoms with van der Waals surface area (Å²) < 4.78 is 4.95. The summed E-state index contributed by atoms with van der Waals surface area (Å²) in [7, 11) is 0. The van der Waals surface area contributed by atoms with Crippen LogP contribution in [0.4, 0.5) is 0 Å². The molecule has 0 radical (unpaired) electrons. The fourth-order valence-corrected chi connectivity index (χ4v) is 1.27. The maximum absolute atomic E-state index is 11.0. The smallest absolute Gasteiger partial charge is 0.339 e. The summed E-state index contributed by atoms with van der Waals surface area (Å²) in [4.78, 5) is 11.0. The second-order valence-corrected chi connectivity index (χ2v) is 2.84. The lowest BCUT2D eigenvalue weighted by Crippen LogP contribution is -2.03. The third-order valence-electron chi connectivity index (χ3n) is 1.84. The van der Waals surface area contributed by atoms with Crippen molar-refractivity contribution in [3.05, 3.63) is 41.7 Å². The molecule has 1 aromatic carbocycles. The number of aliphatic hydroxyl groups excluding tert-OH is 1. The van der Waals surface area contributed by atoms with Gasteiger partial charge in [0.25, 0.3) is 0 Å². The molecular formula is C10H8O3. The van der Waals surface area contributed by atoms with Gasteiger partial charge in [0.05, 0.1) is 6.08 Å². The topological polar surface area (TPSA) is 46.5 Å². The van der Waals surface area contributed by atoms with Gasteiger partial charge in [-0.1, -0.05) is 18.2 Å². The van der Waals surface area contributed by atoms with Crippen LogP contribution in [0.1, 0.15) is 5.56 Å². The number of para-hydroxylation sites is 1. The number of rotatable bonds is 0. The van der Waals surface area contributed by atoms with Crippen molar-refractivity contribution < 1.29 is 14.6 Å². The van der Waals surface area contributed by atoms with E-state index in [1.807, 2.05) is 12.1 Å². The lowest BCUT2D eigenvalue weighted by atomic mass is 10.1. The van der Waals surface area contributed by atoms with Crippen molar-refractivity contribution >= 4 is 5.97 Å². The third-order valence-corrected chi connectivity index (χ3v) is 1.84. The Kier molecular flexibility index (Phi) is 1.77. The zero-order valence-electron chi connectivity index (χ0n) is 6.86. The van der Waals surface area contributed by atoms with Crippen molar-refractivity contribution in [3.63, 3.8) is 0 Å². The van der Waals surface area contributed by atoms with Gasteiger partial charge < -0.3 is 9.84 Å². The first-order chi connectivity index (χ1) is 6.25. The van der Waals surface area contributed by atoms with Crippen molar-refractivity contribution in [1.82, 2.24) is 0 Å². The van der Waals surface area contributed by atoms with Gasteiger partial charge in [0.15, 0.2) is 0 Å². The molecule has 0 bridgehead atoms. The second-order valence-electron chi connectivity index (χ2n) is 2.84. The van der Waals surface area contributed by atoms with E-state index in [0.29, 0.717) is 12.2 Å². The molecule has 1 N–H and O–H groups in total. The van der Waals surface area contributed by atoms with Crippen LogP contribution in [-0.2, 0) is 11.2 Å². The summed E-state index contributed by atoms with van der Waals surface area (Å²) >= 11 is 0. The highest BCUT2D eigenvalue weighted by molar-refractivity contribution is 5.85. The molecule has 3 heteroatoms. The molecular weight excluding hydrogens is 168 g/mol. The third kappa shape index (κ3) is 1.54.